The van der Waals surface area contributed by atoms with E-state index >= 15 is 0 Å². The predicted molar refractivity (Wildman–Crippen MR) is 91.9 cm³/mol. The summed E-state index contributed by atoms with van der Waals surface area (Å²) in [7, 11) is 0. The summed E-state index contributed by atoms with van der Waals surface area (Å²) in [5, 5.41) is 8.80. The maximum Gasteiger partial charge on any atom is 0.227 e. The average molecular weight is 342 g/mol. The second kappa shape index (κ2) is 8.54. The molecule has 3 rings (SSSR count). The number of aromatic hydroxyl groups is 1. The summed E-state index contributed by atoms with van der Waals surface area (Å²) in [6.07, 6.45) is 2.62. The molecule has 6 nitrogen and oxygen atoms in total. The van der Waals surface area contributed by atoms with Crippen LogP contribution in [0.25, 0.3) is 0 Å². The first-order valence-corrected chi connectivity index (χ1v) is 7.51. The molecular formula is C19H18O6. The van der Waals surface area contributed by atoms with Crippen molar-refractivity contribution in [2.45, 2.75) is 20.5 Å². The average Bonchev–Trinajstić information content (AvgIpc) is 2.61. The lowest BCUT2D eigenvalue weighted by molar-refractivity contribution is 0.286. The zero-order chi connectivity index (χ0) is 18.2. The number of hydrogen-bond donors (Lipinski definition) is 1. The fourth-order valence-corrected chi connectivity index (χ4v) is 1.91. The van der Waals surface area contributed by atoms with Crippen molar-refractivity contribution >= 4 is 0 Å². The minimum atomic E-state index is -0.404. The minimum Gasteiger partial charge on any atom is -0.502 e. The summed E-state index contributed by atoms with van der Waals surface area (Å²) in [5.74, 6) is 0.731. The van der Waals surface area contributed by atoms with Crippen LogP contribution in [0, 0.1) is 13.8 Å². The molecular weight excluding hydrogens is 324 g/mol. The van der Waals surface area contributed by atoms with Crippen molar-refractivity contribution in [3.63, 3.8) is 0 Å². The number of hydrogen-bond acceptors (Lipinski definition) is 6. The second-order valence-electron chi connectivity index (χ2n) is 5.13. The quantitative estimate of drug-likeness (QED) is 0.786. The molecule has 2 heterocycles. The highest BCUT2D eigenvalue weighted by Gasteiger charge is 2.06. The third kappa shape index (κ3) is 5.10. The number of benzene rings is 1. The van der Waals surface area contributed by atoms with Crippen molar-refractivity contribution in [2.24, 2.45) is 0 Å². The highest BCUT2D eigenvalue weighted by molar-refractivity contribution is 5.24. The zero-order valence-electron chi connectivity index (χ0n) is 13.9. The van der Waals surface area contributed by atoms with E-state index in [0.29, 0.717) is 12.4 Å². The molecule has 0 aliphatic heterocycles. The number of aryl methyl sites for hydroxylation is 2. The Morgan fingerprint density at radius 1 is 0.880 bits per heavy atom. The molecule has 1 N–H and O–H groups in total. The van der Waals surface area contributed by atoms with E-state index in [1.165, 1.54) is 31.6 Å². The van der Waals surface area contributed by atoms with Crippen molar-refractivity contribution < 1.29 is 18.7 Å². The van der Waals surface area contributed by atoms with Crippen LogP contribution in [0.3, 0.4) is 0 Å². The molecule has 25 heavy (non-hydrogen) atoms. The molecule has 0 aliphatic carbocycles. The van der Waals surface area contributed by atoms with Crippen LogP contribution in [-0.2, 0) is 6.61 Å². The van der Waals surface area contributed by atoms with E-state index in [0.717, 1.165) is 5.56 Å². The molecule has 130 valence electrons. The summed E-state index contributed by atoms with van der Waals surface area (Å²) < 4.78 is 15.2. The Bertz CT molecular complexity index is 924. The SMILES string of the molecule is Cc1occc(=O)c1O.Cc1occc(=O)c1OCc1ccccc1. The molecule has 0 amide bonds. The fraction of sp³-hybridized carbons (Fsp3) is 0.158. The number of ether oxygens (including phenoxy) is 1. The van der Waals surface area contributed by atoms with Gasteiger partial charge in [0.2, 0.25) is 22.4 Å². The highest BCUT2D eigenvalue weighted by Crippen LogP contribution is 2.12. The fourth-order valence-electron chi connectivity index (χ4n) is 1.91. The molecule has 2 aromatic heterocycles. The third-order valence-electron chi connectivity index (χ3n) is 3.26. The molecule has 0 unspecified atom stereocenters. The van der Waals surface area contributed by atoms with Crippen LogP contribution in [0.1, 0.15) is 17.1 Å². The van der Waals surface area contributed by atoms with Gasteiger partial charge in [-0.2, -0.15) is 0 Å². The van der Waals surface area contributed by atoms with Crippen molar-refractivity contribution in [3.05, 3.63) is 92.5 Å². The van der Waals surface area contributed by atoms with E-state index in [4.69, 9.17) is 14.3 Å². The van der Waals surface area contributed by atoms with E-state index in [9.17, 15) is 9.59 Å². The molecule has 0 saturated heterocycles. The molecule has 0 radical (unpaired) electrons. The Morgan fingerprint density at radius 3 is 2.04 bits per heavy atom. The van der Waals surface area contributed by atoms with E-state index in [2.05, 4.69) is 4.42 Å². The van der Waals surface area contributed by atoms with E-state index in [1.54, 1.807) is 6.92 Å². The molecule has 0 spiro atoms. The molecule has 0 aliphatic rings. The first-order valence-electron chi connectivity index (χ1n) is 7.51. The topological polar surface area (TPSA) is 89.9 Å². The first kappa shape index (κ1) is 18.1. The Labute approximate surface area is 143 Å². The summed E-state index contributed by atoms with van der Waals surface area (Å²) in [5.41, 5.74) is 0.462. The standard InChI is InChI=1S/C13H12O3.C6H6O3/c1-10-13(12(14)7-8-15-10)16-9-11-5-3-2-4-6-11;1-4-6(8)5(7)2-3-9-4/h2-8H,9H2,1H3;2-3,8H,1H3. The van der Waals surface area contributed by atoms with E-state index in [1.807, 2.05) is 30.3 Å². The largest absolute Gasteiger partial charge is 0.502 e. The van der Waals surface area contributed by atoms with Gasteiger partial charge in [0.25, 0.3) is 0 Å². The molecule has 3 aromatic rings. The van der Waals surface area contributed by atoms with Crippen LogP contribution in [0.4, 0.5) is 0 Å². The monoisotopic (exact) mass is 342 g/mol. The normalized spacial score (nSPS) is 9.84. The van der Waals surface area contributed by atoms with Gasteiger partial charge >= 0.3 is 0 Å². The zero-order valence-corrected chi connectivity index (χ0v) is 13.9. The maximum atomic E-state index is 11.5. The van der Waals surface area contributed by atoms with Gasteiger partial charge in [-0.3, -0.25) is 9.59 Å². The van der Waals surface area contributed by atoms with Crippen LogP contribution in [0.5, 0.6) is 11.5 Å². The van der Waals surface area contributed by atoms with Gasteiger partial charge in [-0.15, -0.1) is 0 Å². The van der Waals surface area contributed by atoms with Crippen LogP contribution in [0.2, 0.25) is 0 Å². The van der Waals surface area contributed by atoms with Crippen LogP contribution >= 0.6 is 0 Å². The Kier molecular flexibility index (Phi) is 6.17. The van der Waals surface area contributed by atoms with Gasteiger partial charge in [0.15, 0.2) is 0 Å². The molecule has 0 fully saturated rings. The molecule has 0 bridgehead atoms. The Hall–Kier alpha value is -3.28. The van der Waals surface area contributed by atoms with Gasteiger partial charge in [0.05, 0.1) is 12.5 Å². The van der Waals surface area contributed by atoms with Crippen LogP contribution < -0.4 is 15.6 Å². The van der Waals surface area contributed by atoms with Gasteiger partial charge in [-0.1, -0.05) is 30.3 Å². The van der Waals surface area contributed by atoms with Gasteiger partial charge in [-0.25, -0.2) is 0 Å². The minimum absolute atomic E-state index is 0.153. The molecule has 1 aromatic carbocycles. The summed E-state index contributed by atoms with van der Waals surface area (Å²) >= 11 is 0. The third-order valence-corrected chi connectivity index (χ3v) is 3.26. The van der Waals surface area contributed by atoms with Crippen molar-refractivity contribution in [2.75, 3.05) is 0 Å². The van der Waals surface area contributed by atoms with E-state index in [-0.39, 0.29) is 22.7 Å². The first-order chi connectivity index (χ1) is 12.0. The Morgan fingerprint density at radius 2 is 1.48 bits per heavy atom. The number of rotatable bonds is 3. The van der Waals surface area contributed by atoms with Gasteiger partial charge in [0.1, 0.15) is 18.1 Å². The molecule has 0 atom stereocenters. The second-order valence-corrected chi connectivity index (χ2v) is 5.13. The Balaban J connectivity index is 0.000000212. The summed E-state index contributed by atoms with van der Waals surface area (Å²) in [4.78, 5) is 22.0. The van der Waals surface area contributed by atoms with Gasteiger partial charge in [-0.05, 0) is 19.4 Å². The van der Waals surface area contributed by atoms with Gasteiger partial charge in [0, 0.05) is 12.1 Å². The predicted octanol–water partition coefficient (Wildman–Crippen LogP) is 3.18. The maximum absolute atomic E-state index is 11.5. The van der Waals surface area contributed by atoms with Crippen molar-refractivity contribution in [1.82, 2.24) is 0 Å². The van der Waals surface area contributed by atoms with Crippen molar-refractivity contribution in [1.29, 1.82) is 0 Å². The van der Waals surface area contributed by atoms with Gasteiger partial charge < -0.3 is 18.7 Å². The highest BCUT2D eigenvalue weighted by atomic mass is 16.5. The lowest BCUT2D eigenvalue weighted by Crippen LogP contribution is -2.08. The molecule has 6 heteroatoms. The smallest absolute Gasteiger partial charge is 0.227 e. The lowest BCUT2D eigenvalue weighted by atomic mass is 10.2. The van der Waals surface area contributed by atoms with Crippen LogP contribution in [-0.4, -0.2) is 5.11 Å². The molecule has 0 saturated carbocycles. The van der Waals surface area contributed by atoms with Crippen molar-refractivity contribution in [3.8, 4) is 11.5 Å². The summed E-state index contributed by atoms with van der Waals surface area (Å²) in [6.45, 7) is 3.61. The van der Waals surface area contributed by atoms with Crippen LogP contribution in [0.15, 0.2) is 73.4 Å². The lowest BCUT2D eigenvalue weighted by Gasteiger charge is -2.06. The van der Waals surface area contributed by atoms with E-state index < -0.39 is 5.43 Å². The summed E-state index contributed by atoms with van der Waals surface area (Å²) in [6, 6.07) is 12.2.